The number of benzene rings is 1. The highest BCUT2D eigenvalue weighted by atomic mass is 32.2. The average Bonchev–Trinajstić information content (AvgIpc) is 2.73. The van der Waals surface area contributed by atoms with E-state index < -0.39 is 0 Å². The van der Waals surface area contributed by atoms with Crippen LogP contribution in [-0.4, -0.2) is 14.9 Å². The van der Waals surface area contributed by atoms with E-state index in [1.165, 1.54) is 29.4 Å². The maximum atomic E-state index is 14.0. The molecule has 2 rings (SSSR count). The van der Waals surface area contributed by atoms with Crippen LogP contribution < -0.4 is 5.32 Å². The third-order valence-electron chi connectivity index (χ3n) is 2.58. The van der Waals surface area contributed by atoms with Crippen molar-refractivity contribution in [3.63, 3.8) is 0 Å². The molecular weight excluding hydrogens is 293 g/mol. The van der Waals surface area contributed by atoms with E-state index in [4.69, 9.17) is 0 Å². The second-order valence-corrected chi connectivity index (χ2v) is 7.57. The van der Waals surface area contributed by atoms with E-state index in [0.717, 1.165) is 15.1 Å². The molecule has 0 fully saturated rings. The SMILES string of the molecule is Cc1nsc(Sc2cccc(F)c2CNC(C)(C)C)n1. The van der Waals surface area contributed by atoms with Gasteiger partial charge < -0.3 is 5.32 Å². The van der Waals surface area contributed by atoms with Gasteiger partial charge in [0.2, 0.25) is 0 Å². The molecule has 1 N–H and O–H groups in total. The molecule has 20 heavy (non-hydrogen) atoms. The van der Waals surface area contributed by atoms with Crippen molar-refractivity contribution in [3.05, 3.63) is 35.4 Å². The fraction of sp³-hybridized carbons (Fsp3) is 0.429. The van der Waals surface area contributed by atoms with Crippen LogP contribution in [0.25, 0.3) is 0 Å². The molecule has 0 amide bonds. The molecule has 3 nitrogen and oxygen atoms in total. The minimum Gasteiger partial charge on any atom is -0.308 e. The van der Waals surface area contributed by atoms with Crippen LogP contribution in [-0.2, 0) is 6.54 Å². The quantitative estimate of drug-likeness (QED) is 0.925. The lowest BCUT2D eigenvalue weighted by molar-refractivity contribution is 0.416. The molecule has 0 aliphatic carbocycles. The zero-order chi connectivity index (χ0) is 14.8. The van der Waals surface area contributed by atoms with Crippen molar-refractivity contribution in [2.24, 2.45) is 0 Å². The third-order valence-corrected chi connectivity index (χ3v) is 4.52. The Bertz CT molecular complexity index is 590. The van der Waals surface area contributed by atoms with Crippen LogP contribution in [0.1, 0.15) is 32.2 Å². The summed E-state index contributed by atoms with van der Waals surface area (Å²) in [7, 11) is 0. The highest BCUT2D eigenvalue weighted by Gasteiger charge is 2.15. The smallest absolute Gasteiger partial charge is 0.174 e. The molecule has 0 unspecified atom stereocenters. The highest BCUT2D eigenvalue weighted by Crippen LogP contribution is 2.32. The van der Waals surface area contributed by atoms with E-state index in [2.05, 4.69) is 35.4 Å². The Labute approximate surface area is 127 Å². The van der Waals surface area contributed by atoms with Crippen LogP contribution in [0.2, 0.25) is 0 Å². The number of nitrogens with zero attached hydrogens (tertiary/aromatic N) is 2. The minimum absolute atomic E-state index is 0.0520. The van der Waals surface area contributed by atoms with E-state index in [1.54, 1.807) is 6.07 Å². The Morgan fingerprint density at radius 1 is 1.35 bits per heavy atom. The fourth-order valence-corrected chi connectivity index (χ4v) is 3.33. The first kappa shape index (κ1) is 15.4. The first-order chi connectivity index (χ1) is 9.35. The number of hydrogen-bond donors (Lipinski definition) is 1. The van der Waals surface area contributed by atoms with Crippen molar-refractivity contribution >= 4 is 23.3 Å². The predicted octanol–water partition coefficient (Wildman–Crippen LogP) is 4.02. The molecule has 0 aliphatic heterocycles. The van der Waals surface area contributed by atoms with Crippen molar-refractivity contribution < 1.29 is 4.39 Å². The fourth-order valence-electron chi connectivity index (χ4n) is 1.57. The molecule has 6 heteroatoms. The van der Waals surface area contributed by atoms with Crippen LogP contribution in [0.4, 0.5) is 4.39 Å². The number of nitrogens with one attached hydrogen (secondary N) is 1. The van der Waals surface area contributed by atoms with Crippen molar-refractivity contribution in [3.8, 4) is 0 Å². The van der Waals surface area contributed by atoms with Crippen LogP contribution in [0.3, 0.4) is 0 Å². The normalized spacial score (nSPS) is 11.8. The Morgan fingerprint density at radius 3 is 2.70 bits per heavy atom. The maximum Gasteiger partial charge on any atom is 0.174 e. The third kappa shape index (κ3) is 4.26. The van der Waals surface area contributed by atoms with Gasteiger partial charge in [-0.3, -0.25) is 0 Å². The molecule has 0 atom stereocenters. The first-order valence-corrected chi connectivity index (χ1v) is 7.95. The molecule has 0 bridgehead atoms. The molecule has 108 valence electrons. The van der Waals surface area contributed by atoms with E-state index in [1.807, 2.05) is 13.0 Å². The first-order valence-electron chi connectivity index (χ1n) is 6.36. The Balaban J connectivity index is 2.21. The predicted molar refractivity (Wildman–Crippen MR) is 81.8 cm³/mol. The van der Waals surface area contributed by atoms with Gasteiger partial charge in [0.15, 0.2) is 4.34 Å². The molecule has 0 radical (unpaired) electrons. The number of aryl methyl sites for hydroxylation is 1. The lowest BCUT2D eigenvalue weighted by atomic mass is 10.1. The van der Waals surface area contributed by atoms with E-state index >= 15 is 0 Å². The summed E-state index contributed by atoms with van der Waals surface area (Å²) in [4.78, 5) is 5.20. The second kappa shape index (κ2) is 6.20. The summed E-state index contributed by atoms with van der Waals surface area (Å²) in [6.07, 6.45) is 0. The molecule has 2 aromatic rings. The summed E-state index contributed by atoms with van der Waals surface area (Å²) in [6.45, 7) is 8.54. The lowest BCUT2D eigenvalue weighted by Gasteiger charge is -2.21. The minimum atomic E-state index is -0.187. The molecule has 0 saturated heterocycles. The number of hydrogen-bond acceptors (Lipinski definition) is 5. The number of rotatable bonds is 4. The molecule has 1 heterocycles. The zero-order valence-corrected chi connectivity index (χ0v) is 13.7. The summed E-state index contributed by atoms with van der Waals surface area (Å²) < 4.78 is 19.0. The Hall–Kier alpha value is -0.980. The molecule has 0 saturated carbocycles. The van der Waals surface area contributed by atoms with Gasteiger partial charge in [0, 0.05) is 22.5 Å². The van der Waals surface area contributed by atoms with E-state index in [-0.39, 0.29) is 11.4 Å². The topological polar surface area (TPSA) is 37.8 Å². The Morgan fingerprint density at radius 2 is 2.10 bits per heavy atom. The molecular formula is C14H18FN3S2. The molecule has 1 aromatic carbocycles. The van der Waals surface area contributed by atoms with Crippen LogP contribution >= 0.6 is 23.3 Å². The van der Waals surface area contributed by atoms with Crippen molar-refractivity contribution in [1.82, 2.24) is 14.7 Å². The van der Waals surface area contributed by atoms with E-state index in [0.29, 0.717) is 12.1 Å². The summed E-state index contributed by atoms with van der Waals surface area (Å²) in [6, 6.07) is 5.14. The van der Waals surface area contributed by atoms with Gasteiger partial charge in [-0.2, -0.15) is 4.37 Å². The zero-order valence-electron chi connectivity index (χ0n) is 12.0. The molecule has 0 spiro atoms. The Kier molecular flexibility index (Phi) is 4.78. The van der Waals surface area contributed by atoms with Crippen LogP contribution in [0, 0.1) is 12.7 Å². The van der Waals surface area contributed by atoms with Crippen LogP contribution in [0.5, 0.6) is 0 Å². The highest BCUT2D eigenvalue weighted by molar-refractivity contribution is 8.01. The van der Waals surface area contributed by atoms with Gasteiger partial charge in [-0.1, -0.05) is 17.8 Å². The van der Waals surface area contributed by atoms with Gasteiger partial charge in [-0.05, 0) is 51.4 Å². The maximum absolute atomic E-state index is 14.0. The van der Waals surface area contributed by atoms with E-state index in [9.17, 15) is 4.39 Å². The van der Waals surface area contributed by atoms with Gasteiger partial charge in [0.25, 0.3) is 0 Å². The average molecular weight is 311 g/mol. The van der Waals surface area contributed by atoms with Crippen molar-refractivity contribution in [2.45, 2.75) is 49.0 Å². The summed E-state index contributed by atoms with van der Waals surface area (Å²) in [5, 5.41) is 3.32. The van der Waals surface area contributed by atoms with Crippen LogP contribution in [0.15, 0.2) is 27.4 Å². The summed E-state index contributed by atoms with van der Waals surface area (Å²) in [5.41, 5.74) is 0.629. The van der Waals surface area contributed by atoms with Gasteiger partial charge in [0.1, 0.15) is 11.6 Å². The largest absolute Gasteiger partial charge is 0.308 e. The van der Waals surface area contributed by atoms with Gasteiger partial charge >= 0.3 is 0 Å². The standard InChI is InChI=1S/C14H18FN3S2/c1-9-17-13(20-18-9)19-12-7-5-6-11(15)10(12)8-16-14(2,3)4/h5-7,16H,8H2,1-4H3. The van der Waals surface area contributed by atoms with Gasteiger partial charge in [-0.25, -0.2) is 9.37 Å². The van der Waals surface area contributed by atoms with Crippen molar-refractivity contribution in [1.29, 1.82) is 0 Å². The monoisotopic (exact) mass is 311 g/mol. The second-order valence-electron chi connectivity index (χ2n) is 5.53. The van der Waals surface area contributed by atoms with Gasteiger partial charge in [-0.15, -0.1) is 0 Å². The van der Waals surface area contributed by atoms with Crippen molar-refractivity contribution in [2.75, 3.05) is 0 Å². The number of aromatic nitrogens is 2. The number of halogens is 1. The molecule has 1 aromatic heterocycles. The summed E-state index contributed by atoms with van der Waals surface area (Å²) in [5.74, 6) is 0.566. The summed E-state index contributed by atoms with van der Waals surface area (Å²) >= 11 is 2.81. The van der Waals surface area contributed by atoms with Gasteiger partial charge in [0.05, 0.1) is 0 Å². The molecule has 0 aliphatic rings. The lowest BCUT2D eigenvalue weighted by Crippen LogP contribution is -2.35.